The van der Waals surface area contributed by atoms with Crippen molar-refractivity contribution in [1.82, 2.24) is 15.6 Å². The Morgan fingerprint density at radius 1 is 1.39 bits per heavy atom. The molecule has 2 saturated carbocycles. The summed E-state index contributed by atoms with van der Waals surface area (Å²) in [5.41, 5.74) is 2.01. The van der Waals surface area contributed by atoms with Crippen molar-refractivity contribution in [2.24, 2.45) is 5.41 Å². The number of fused-ring (bicyclic) bond motifs is 1. The maximum atomic E-state index is 11.5. The van der Waals surface area contributed by atoms with Crippen molar-refractivity contribution in [2.45, 2.75) is 44.6 Å². The number of hydrogen-bond acceptors (Lipinski definition) is 3. The van der Waals surface area contributed by atoms with Gasteiger partial charge < -0.3 is 15.1 Å². The van der Waals surface area contributed by atoms with E-state index in [4.69, 9.17) is 16.0 Å². The van der Waals surface area contributed by atoms with E-state index in [1.165, 1.54) is 0 Å². The van der Waals surface area contributed by atoms with Crippen LogP contribution in [0.1, 0.15) is 44.4 Å². The topological polar surface area (TPSA) is 67.2 Å². The number of aromatic nitrogens is 1. The third-order valence-corrected chi connectivity index (χ3v) is 5.34. The number of rotatable bonds is 3. The molecule has 2 fully saturated rings. The van der Waals surface area contributed by atoms with Gasteiger partial charge in [-0.1, -0.05) is 11.6 Å². The van der Waals surface area contributed by atoms with Crippen molar-refractivity contribution in [2.75, 3.05) is 6.54 Å². The van der Waals surface area contributed by atoms with Gasteiger partial charge in [0.1, 0.15) is 5.52 Å². The highest BCUT2D eigenvalue weighted by molar-refractivity contribution is 6.31. The minimum atomic E-state index is -0.0564. The molecule has 0 saturated heterocycles. The van der Waals surface area contributed by atoms with Gasteiger partial charge in [-0.25, -0.2) is 9.78 Å². The van der Waals surface area contributed by atoms with E-state index in [0.717, 1.165) is 42.7 Å². The Morgan fingerprint density at radius 3 is 2.91 bits per heavy atom. The second-order valence-corrected chi connectivity index (χ2v) is 7.31. The van der Waals surface area contributed by atoms with E-state index < -0.39 is 0 Å². The van der Waals surface area contributed by atoms with Crippen molar-refractivity contribution in [3.05, 3.63) is 29.1 Å². The number of nitrogens with zero attached hydrogens (tertiary/aromatic N) is 1. The van der Waals surface area contributed by atoms with Gasteiger partial charge in [0.05, 0.1) is 0 Å². The SMILES string of the molecule is CCNC(=O)NC1CC2(C1)CC(c1nc3cc(Cl)ccc3o1)C2. The second kappa shape index (κ2) is 5.41. The van der Waals surface area contributed by atoms with Crippen molar-refractivity contribution in [1.29, 1.82) is 0 Å². The van der Waals surface area contributed by atoms with Crippen LogP contribution in [0.25, 0.3) is 11.1 Å². The normalized spacial score (nSPS) is 29.1. The molecule has 4 rings (SSSR count). The quantitative estimate of drug-likeness (QED) is 0.897. The Kier molecular flexibility index (Phi) is 3.48. The molecular formula is C17H20ClN3O2. The number of amides is 2. The Labute approximate surface area is 139 Å². The molecule has 1 spiro atoms. The van der Waals surface area contributed by atoms with E-state index in [1.54, 1.807) is 0 Å². The molecule has 2 aliphatic carbocycles. The maximum Gasteiger partial charge on any atom is 0.314 e. The van der Waals surface area contributed by atoms with Gasteiger partial charge in [-0.15, -0.1) is 0 Å². The van der Waals surface area contributed by atoms with E-state index >= 15 is 0 Å². The number of halogens is 1. The largest absolute Gasteiger partial charge is 0.440 e. The molecule has 5 nitrogen and oxygen atoms in total. The molecule has 2 amide bonds. The van der Waals surface area contributed by atoms with Crippen LogP contribution in [0.3, 0.4) is 0 Å². The van der Waals surface area contributed by atoms with Crippen LogP contribution in [0.4, 0.5) is 4.79 Å². The van der Waals surface area contributed by atoms with E-state index in [2.05, 4.69) is 15.6 Å². The molecule has 6 heteroatoms. The molecule has 122 valence electrons. The van der Waals surface area contributed by atoms with Crippen LogP contribution in [0.5, 0.6) is 0 Å². The van der Waals surface area contributed by atoms with Crippen LogP contribution < -0.4 is 10.6 Å². The summed E-state index contributed by atoms with van der Waals surface area (Å²) in [6, 6.07) is 5.79. The smallest absolute Gasteiger partial charge is 0.314 e. The van der Waals surface area contributed by atoms with Gasteiger partial charge in [-0.05, 0) is 56.2 Å². The van der Waals surface area contributed by atoms with E-state index in [1.807, 2.05) is 25.1 Å². The fourth-order valence-corrected chi connectivity index (χ4v) is 4.24. The number of carbonyl (C=O) groups is 1. The van der Waals surface area contributed by atoms with E-state index in [-0.39, 0.29) is 6.03 Å². The zero-order valence-electron chi connectivity index (χ0n) is 13.1. The first-order chi connectivity index (χ1) is 11.1. The molecule has 0 bridgehead atoms. The summed E-state index contributed by atoms with van der Waals surface area (Å²) in [5, 5.41) is 6.48. The predicted octanol–water partition coefficient (Wildman–Crippen LogP) is 3.83. The van der Waals surface area contributed by atoms with Crippen LogP contribution >= 0.6 is 11.6 Å². The highest BCUT2D eigenvalue weighted by atomic mass is 35.5. The first kappa shape index (κ1) is 14.8. The molecule has 23 heavy (non-hydrogen) atoms. The van der Waals surface area contributed by atoms with Crippen LogP contribution in [-0.2, 0) is 0 Å². The summed E-state index contributed by atoms with van der Waals surface area (Å²) in [7, 11) is 0. The average molecular weight is 334 g/mol. The van der Waals surface area contributed by atoms with Gasteiger partial charge in [0.2, 0.25) is 0 Å². The second-order valence-electron chi connectivity index (χ2n) is 6.88. The Bertz CT molecular complexity index is 743. The van der Waals surface area contributed by atoms with Crippen LogP contribution in [-0.4, -0.2) is 23.6 Å². The van der Waals surface area contributed by atoms with Crippen LogP contribution in [0.2, 0.25) is 5.02 Å². The van der Waals surface area contributed by atoms with Gasteiger partial charge in [-0.3, -0.25) is 0 Å². The Morgan fingerprint density at radius 2 is 2.17 bits per heavy atom. The molecule has 2 N–H and O–H groups in total. The van der Waals surface area contributed by atoms with Crippen LogP contribution in [0.15, 0.2) is 22.6 Å². The van der Waals surface area contributed by atoms with E-state index in [0.29, 0.717) is 28.9 Å². The number of hydrogen-bond donors (Lipinski definition) is 2. The number of oxazole rings is 1. The lowest BCUT2D eigenvalue weighted by molar-refractivity contribution is -0.0236. The summed E-state index contributed by atoms with van der Waals surface area (Å²) in [6.45, 7) is 2.58. The lowest BCUT2D eigenvalue weighted by atomic mass is 9.50. The fourth-order valence-electron chi connectivity index (χ4n) is 4.07. The first-order valence-corrected chi connectivity index (χ1v) is 8.55. The minimum absolute atomic E-state index is 0.0564. The predicted molar refractivity (Wildman–Crippen MR) is 88.7 cm³/mol. The first-order valence-electron chi connectivity index (χ1n) is 8.17. The number of carbonyl (C=O) groups excluding carboxylic acids is 1. The lowest BCUT2D eigenvalue weighted by Crippen LogP contribution is -2.57. The number of urea groups is 1. The van der Waals surface area contributed by atoms with Crippen molar-refractivity contribution in [3.8, 4) is 0 Å². The molecule has 1 aromatic heterocycles. The van der Waals surface area contributed by atoms with Crippen LogP contribution in [0, 0.1) is 5.41 Å². The van der Waals surface area contributed by atoms with Crippen molar-refractivity contribution in [3.63, 3.8) is 0 Å². The van der Waals surface area contributed by atoms with Gasteiger partial charge in [0, 0.05) is 23.5 Å². The van der Waals surface area contributed by atoms with E-state index in [9.17, 15) is 4.79 Å². The number of benzene rings is 1. The number of nitrogens with one attached hydrogen (secondary N) is 2. The third kappa shape index (κ3) is 2.67. The van der Waals surface area contributed by atoms with Gasteiger partial charge in [-0.2, -0.15) is 0 Å². The molecule has 2 aliphatic rings. The lowest BCUT2D eigenvalue weighted by Gasteiger charge is -2.57. The molecule has 0 aliphatic heterocycles. The molecule has 0 unspecified atom stereocenters. The molecule has 0 radical (unpaired) electrons. The fraction of sp³-hybridized carbons (Fsp3) is 0.529. The minimum Gasteiger partial charge on any atom is -0.440 e. The monoisotopic (exact) mass is 333 g/mol. The molecular weight excluding hydrogens is 314 g/mol. The van der Waals surface area contributed by atoms with Gasteiger partial charge in [0.25, 0.3) is 0 Å². The summed E-state index contributed by atoms with van der Waals surface area (Å²) in [5.74, 6) is 1.22. The molecule has 1 aromatic carbocycles. The standard InChI is InChI=1S/C17H20ClN3O2/c1-2-19-16(22)20-12-8-17(9-12)6-10(7-17)15-21-13-5-11(18)3-4-14(13)23-15/h3-5,10,12H,2,6-9H2,1H3,(H2,19,20,22). The van der Waals surface area contributed by atoms with Gasteiger partial charge in [0.15, 0.2) is 11.5 Å². The third-order valence-electron chi connectivity index (χ3n) is 5.11. The highest BCUT2D eigenvalue weighted by Crippen LogP contribution is 2.61. The summed E-state index contributed by atoms with van der Waals surface area (Å²) >= 11 is 5.99. The maximum absolute atomic E-state index is 11.5. The summed E-state index contributed by atoms with van der Waals surface area (Å²) in [4.78, 5) is 16.1. The zero-order valence-corrected chi connectivity index (χ0v) is 13.8. The average Bonchev–Trinajstić information content (AvgIpc) is 2.82. The Balaban J connectivity index is 1.34. The Hall–Kier alpha value is -1.75. The summed E-state index contributed by atoms with van der Waals surface area (Å²) < 4.78 is 5.86. The molecule has 1 heterocycles. The van der Waals surface area contributed by atoms with Crippen molar-refractivity contribution >= 4 is 28.7 Å². The van der Waals surface area contributed by atoms with Gasteiger partial charge >= 0.3 is 6.03 Å². The highest BCUT2D eigenvalue weighted by Gasteiger charge is 2.54. The molecule has 2 aromatic rings. The summed E-state index contributed by atoms with van der Waals surface area (Å²) in [6.07, 6.45) is 4.32. The zero-order chi connectivity index (χ0) is 16.0. The molecule has 0 atom stereocenters. The van der Waals surface area contributed by atoms with Crippen molar-refractivity contribution < 1.29 is 9.21 Å².